The highest BCUT2D eigenvalue weighted by Gasteiger charge is 2.06. The number of imidazole rings is 1. The summed E-state index contributed by atoms with van der Waals surface area (Å²) in [6, 6.07) is 4.11. The molecule has 0 aliphatic rings. The van der Waals surface area contributed by atoms with E-state index in [-0.39, 0.29) is 5.28 Å². The Morgan fingerprint density at radius 2 is 2.31 bits per heavy atom. The van der Waals surface area contributed by atoms with Gasteiger partial charge < -0.3 is 4.57 Å². The van der Waals surface area contributed by atoms with Crippen LogP contribution in [0.25, 0.3) is 11.2 Å². The van der Waals surface area contributed by atoms with Crippen molar-refractivity contribution in [1.29, 1.82) is 0 Å². The van der Waals surface area contributed by atoms with Gasteiger partial charge in [-0.3, -0.25) is 0 Å². The number of nitrogens with zero attached hydrogens (tertiary/aromatic N) is 4. The predicted octanol–water partition coefficient (Wildman–Crippen LogP) is 2.59. The summed E-state index contributed by atoms with van der Waals surface area (Å²) in [5.41, 5.74) is 1.54. The maximum Gasteiger partial charge on any atom is 0.224 e. The molecule has 80 valence electrons. The molecule has 4 nitrogen and oxygen atoms in total. The van der Waals surface area contributed by atoms with Gasteiger partial charge in [0.05, 0.1) is 19.1 Å². The van der Waals surface area contributed by atoms with Crippen LogP contribution >= 0.6 is 22.9 Å². The fourth-order valence-corrected chi connectivity index (χ4v) is 2.35. The fraction of sp³-hybridized carbons (Fsp3) is 0.100. The first-order chi connectivity index (χ1) is 7.83. The van der Waals surface area contributed by atoms with Crippen molar-refractivity contribution in [1.82, 2.24) is 19.5 Å². The molecular weight excluding hydrogens is 244 g/mol. The van der Waals surface area contributed by atoms with E-state index in [9.17, 15) is 0 Å². The molecule has 0 fully saturated rings. The number of thiophene rings is 1. The first-order valence-corrected chi connectivity index (χ1v) is 5.94. The highest BCUT2D eigenvalue weighted by molar-refractivity contribution is 7.09. The Balaban J connectivity index is 2.07. The lowest BCUT2D eigenvalue weighted by Gasteiger charge is -2.00. The highest BCUT2D eigenvalue weighted by atomic mass is 35.5. The average Bonchev–Trinajstić information content (AvgIpc) is 2.90. The van der Waals surface area contributed by atoms with E-state index in [0.717, 1.165) is 17.7 Å². The van der Waals surface area contributed by atoms with E-state index in [1.165, 1.54) is 4.88 Å². The summed E-state index contributed by atoms with van der Waals surface area (Å²) in [5.74, 6) is 0. The third-order valence-corrected chi connectivity index (χ3v) is 3.28. The summed E-state index contributed by atoms with van der Waals surface area (Å²) in [6.07, 6.45) is 3.39. The van der Waals surface area contributed by atoms with E-state index >= 15 is 0 Å². The van der Waals surface area contributed by atoms with Gasteiger partial charge in [0.15, 0.2) is 5.65 Å². The summed E-state index contributed by atoms with van der Waals surface area (Å²) in [5, 5.41) is 2.30. The second-order valence-corrected chi connectivity index (χ2v) is 4.67. The van der Waals surface area contributed by atoms with E-state index in [1.807, 2.05) is 10.6 Å². The molecule has 0 atom stereocenters. The fourth-order valence-electron chi connectivity index (χ4n) is 1.52. The molecule has 3 aromatic heterocycles. The van der Waals surface area contributed by atoms with Gasteiger partial charge in [0, 0.05) is 4.88 Å². The maximum atomic E-state index is 5.77. The topological polar surface area (TPSA) is 43.6 Å². The smallest absolute Gasteiger partial charge is 0.224 e. The third-order valence-electron chi connectivity index (χ3n) is 2.24. The number of hydrogen-bond donors (Lipinski definition) is 0. The van der Waals surface area contributed by atoms with Crippen LogP contribution in [0.15, 0.2) is 30.0 Å². The van der Waals surface area contributed by atoms with Crippen LogP contribution in [0, 0.1) is 0 Å². The Labute approximate surface area is 101 Å². The number of hydrogen-bond acceptors (Lipinski definition) is 4. The molecule has 0 unspecified atom stereocenters. The minimum Gasteiger partial charge on any atom is -0.310 e. The van der Waals surface area contributed by atoms with Crippen LogP contribution in [0.5, 0.6) is 0 Å². The van der Waals surface area contributed by atoms with Crippen LogP contribution in [0.1, 0.15) is 4.88 Å². The largest absolute Gasteiger partial charge is 0.310 e. The van der Waals surface area contributed by atoms with Gasteiger partial charge in [-0.25, -0.2) is 9.97 Å². The molecule has 0 amide bonds. The Bertz CT molecular complexity index is 617. The van der Waals surface area contributed by atoms with Crippen molar-refractivity contribution >= 4 is 34.1 Å². The van der Waals surface area contributed by atoms with E-state index in [2.05, 4.69) is 26.4 Å². The summed E-state index contributed by atoms with van der Waals surface area (Å²) in [4.78, 5) is 13.6. The zero-order valence-electron chi connectivity index (χ0n) is 8.17. The standard InChI is InChI=1S/C10H7ClN4S/c11-10-12-4-8-9(14-10)15(6-13-8)5-7-2-1-3-16-7/h1-4,6H,5H2. The summed E-state index contributed by atoms with van der Waals surface area (Å²) in [6.45, 7) is 0.765. The van der Waals surface area contributed by atoms with E-state index < -0.39 is 0 Å². The highest BCUT2D eigenvalue weighted by Crippen LogP contribution is 2.15. The van der Waals surface area contributed by atoms with Crippen molar-refractivity contribution in [2.24, 2.45) is 0 Å². The zero-order valence-corrected chi connectivity index (χ0v) is 9.74. The van der Waals surface area contributed by atoms with Crippen LogP contribution in [0.2, 0.25) is 5.28 Å². The van der Waals surface area contributed by atoms with Gasteiger partial charge in [0.1, 0.15) is 5.52 Å². The third kappa shape index (κ3) is 1.68. The predicted molar refractivity (Wildman–Crippen MR) is 63.8 cm³/mol. The number of fused-ring (bicyclic) bond motifs is 1. The molecule has 0 radical (unpaired) electrons. The molecule has 3 rings (SSSR count). The molecule has 0 saturated carbocycles. The minimum absolute atomic E-state index is 0.250. The quantitative estimate of drug-likeness (QED) is 0.657. The summed E-state index contributed by atoms with van der Waals surface area (Å²) >= 11 is 7.48. The Hall–Kier alpha value is -1.46. The number of rotatable bonds is 2. The summed E-state index contributed by atoms with van der Waals surface area (Å²) < 4.78 is 1.97. The van der Waals surface area contributed by atoms with Crippen LogP contribution in [-0.4, -0.2) is 19.5 Å². The number of aromatic nitrogens is 4. The van der Waals surface area contributed by atoms with Crippen LogP contribution < -0.4 is 0 Å². The molecular formula is C10H7ClN4S. The number of halogens is 1. The van der Waals surface area contributed by atoms with Gasteiger partial charge in [0.2, 0.25) is 5.28 Å². The zero-order chi connectivity index (χ0) is 11.0. The molecule has 0 aliphatic carbocycles. The van der Waals surface area contributed by atoms with Crippen molar-refractivity contribution < 1.29 is 0 Å². The first-order valence-electron chi connectivity index (χ1n) is 4.69. The van der Waals surface area contributed by atoms with Gasteiger partial charge in [-0.2, -0.15) is 4.98 Å². The molecule has 0 N–H and O–H groups in total. The Kier molecular flexibility index (Phi) is 2.34. The van der Waals surface area contributed by atoms with Gasteiger partial charge in [0.25, 0.3) is 0 Å². The van der Waals surface area contributed by atoms with Crippen LogP contribution in [0.3, 0.4) is 0 Å². The molecule has 3 aromatic rings. The lowest BCUT2D eigenvalue weighted by Crippen LogP contribution is -1.97. The second-order valence-electron chi connectivity index (χ2n) is 3.30. The van der Waals surface area contributed by atoms with Crippen molar-refractivity contribution in [2.45, 2.75) is 6.54 Å². The van der Waals surface area contributed by atoms with Crippen LogP contribution in [-0.2, 0) is 6.54 Å². The molecule has 3 heterocycles. The minimum atomic E-state index is 0.250. The maximum absolute atomic E-state index is 5.77. The monoisotopic (exact) mass is 250 g/mol. The van der Waals surface area contributed by atoms with Crippen LogP contribution in [0.4, 0.5) is 0 Å². The lowest BCUT2D eigenvalue weighted by molar-refractivity contribution is 0.826. The van der Waals surface area contributed by atoms with E-state index in [4.69, 9.17) is 11.6 Å². The molecule has 0 bridgehead atoms. The van der Waals surface area contributed by atoms with Gasteiger partial charge in [-0.1, -0.05) is 6.07 Å². The average molecular weight is 251 g/mol. The molecule has 0 aliphatic heterocycles. The second kappa shape index (κ2) is 3.84. The van der Waals surface area contributed by atoms with Crippen molar-refractivity contribution in [3.8, 4) is 0 Å². The van der Waals surface area contributed by atoms with Gasteiger partial charge in [-0.05, 0) is 23.0 Å². The van der Waals surface area contributed by atoms with Crippen molar-refractivity contribution in [3.63, 3.8) is 0 Å². The molecule has 6 heteroatoms. The van der Waals surface area contributed by atoms with Gasteiger partial charge >= 0.3 is 0 Å². The van der Waals surface area contributed by atoms with Crippen molar-refractivity contribution in [2.75, 3.05) is 0 Å². The Morgan fingerprint density at radius 3 is 3.12 bits per heavy atom. The molecule has 16 heavy (non-hydrogen) atoms. The van der Waals surface area contributed by atoms with Gasteiger partial charge in [-0.15, -0.1) is 11.3 Å². The summed E-state index contributed by atoms with van der Waals surface area (Å²) in [7, 11) is 0. The first kappa shape index (κ1) is 9.74. The molecule has 0 aromatic carbocycles. The SMILES string of the molecule is Clc1ncc2ncn(Cc3cccs3)c2n1. The van der Waals surface area contributed by atoms with E-state index in [1.54, 1.807) is 23.9 Å². The Morgan fingerprint density at radius 1 is 1.38 bits per heavy atom. The van der Waals surface area contributed by atoms with Crippen molar-refractivity contribution in [3.05, 3.63) is 40.2 Å². The molecule has 0 saturated heterocycles. The molecule has 0 spiro atoms. The normalized spacial score (nSPS) is 11.1. The lowest BCUT2D eigenvalue weighted by atomic mass is 10.4. The van der Waals surface area contributed by atoms with E-state index in [0.29, 0.717) is 0 Å².